The topological polar surface area (TPSA) is 109 Å². The normalized spacial score (nSPS) is 20.3. The number of nitrogens with zero attached hydrogens (tertiary/aromatic N) is 8. The summed E-state index contributed by atoms with van der Waals surface area (Å²) in [4.78, 5) is 38.6. The van der Waals surface area contributed by atoms with E-state index in [4.69, 9.17) is 15.7 Å². The van der Waals surface area contributed by atoms with Crippen LogP contribution < -0.4 is 15.5 Å². The minimum absolute atomic E-state index is 0.122. The number of aromatic nitrogens is 4. The third kappa shape index (κ3) is 3.16. The van der Waals surface area contributed by atoms with Crippen molar-refractivity contribution < 1.29 is 4.79 Å². The number of piperidine rings is 1. The third-order valence-corrected chi connectivity index (χ3v) is 6.70. The summed E-state index contributed by atoms with van der Waals surface area (Å²) in [5.41, 5.74) is 8.55. The van der Waals surface area contributed by atoms with Gasteiger partial charge >= 0.3 is 0 Å². The molecule has 33 heavy (non-hydrogen) atoms. The maximum absolute atomic E-state index is 13.8. The molecule has 0 saturated carbocycles. The van der Waals surface area contributed by atoms with Crippen LogP contribution in [0.1, 0.15) is 34.8 Å². The molecule has 6 rings (SSSR count). The monoisotopic (exact) mass is 445 g/mol. The van der Waals surface area contributed by atoms with E-state index in [2.05, 4.69) is 14.9 Å². The zero-order valence-electron chi connectivity index (χ0n) is 18.9. The van der Waals surface area contributed by atoms with Crippen molar-refractivity contribution in [2.24, 2.45) is 17.8 Å². The highest BCUT2D eigenvalue weighted by Gasteiger charge is 2.42. The summed E-state index contributed by atoms with van der Waals surface area (Å²) in [5, 5.41) is 1.02. The molecule has 0 spiro atoms. The molecule has 0 radical (unpaired) electrons. The number of hydrogen-bond acceptors (Lipinski definition) is 8. The lowest BCUT2D eigenvalue weighted by atomic mass is 10.1. The molecule has 5 heterocycles. The average molecular weight is 446 g/mol. The summed E-state index contributed by atoms with van der Waals surface area (Å²) in [5.74, 6) is 2.57. The van der Waals surface area contributed by atoms with Crippen LogP contribution in [0.25, 0.3) is 10.9 Å². The van der Waals surface area contributed by atoms with Crippen molar-refractivity contribution in [1.29, 1.82) is 0 Å². The number of benzene rings is 1. The number of amides is 1. The number of anilines is 2. The number of imidazole rings is 1. The molecule has 10 nitrogen and oxygen atoms in total. The lowest BCUT2D eigenvalue weighted by molar-refractivity contribution is 0.0821. The first-order valence-electron chi connectivity index (χ1n) is 11.4. The number of aryl methyl sites for hydroxylation is 1. The third-order valence-electron chi connectivity index (χ3n) is 6.70. The molecule has 0 aliphatic carbocycles. The fourth-order valence-electron chi connectivity index (χ4n) is 5.11. The molecule has 1 amide bonds. The standard InChI is InChI=1S/C23H27N9O/c1-14-16-7-3-4-8-17(16)27-18(26-14)13-32-21(33)19-20(31-11-9-25-22(31)32)28-23(29(19)2)30-10-5-6-15(24)12-30/h3-4,7-8,15H,5-6,9-13,24H2,1-2H3. The lowest BCUT2D eigenvalue weighted by Crippen LogP contribution is -2.50. The average Bonchev–Trinajstić information content (AvgIpc) is 3.42. The Kier molecular flexibility index (Phi) is 4.58. The fraction of sp³-hybridized carbons (Fsp3) is 0.435. The molecule has 1 fully saturated rings. The smallest absolute Gasteiger partial charge is 0.281 e. The molecular formula is C23H27N9O. The number of carbonyl (C=O) groups excluding carboxylic acids is 1. The van der Waals surface area contributed by atoms with Crippen molar-refractivity contribution in [2.75, 3.05) is 36.0 Å². The predicted molar refractivity (Wildman–Crippen MR) is 126 cm³/mol. The van der Waals surface area contributed by atoms with Crippen molar-refractivity contribution in [1.82, 2.24) is 24.4 Å². The van der Waals surface area contributed by atoms with Crippen molar-refractivity contribution in [3.63, 3.8) is 0 Å². The van der Waals surface area contributed by atoms with Gasteiger partial charge in [0.25, 0.3) is 5.91 Å². The molecule has 1 unspecified atom stereocenters. The number of hydrogen-bond donors (Lipinski definition) is 1. The summed E-state index contributed by atoms with van der Waals surface area (Å²) in [6.45, 7) is 5.18. The van der Waals surface area contributed by atoms with Crippen LogP contribution in [0, 0.1) is 6.92 Å². The second-order valence-electron chi connectivity index (χ2n) is 8.96. The molecule has 3 aliphatic heterocycles. The molecule has 10 heteroatoms. The van der Waals surface area contributed by atoms with Crippen LogP contribution in [0.15, 0.2) is 29.3 Å². The minimum Gasteiger partial charge on any atom is -0.341 e. The zero-order valence-corrected chi connectivity index (χ0v) is 18.9. The maximum Gasteiger partial charge on any atom is 0.281 e. The van der Waals surface area contributed by atoms with E-state index in [1.54, 1.807) is 4.90 Å². The Morgan fingerprint density at radius 2 is 2.00 bits per heavy atom. The highest BCUT2D eigenvalue weighted by atomic mass is 16.2. The van der Waals surface area contributed by atoms with E-state index in [0.717, 1.165) is 48.5 Å². The first kappa shape index (κ1) is 20.1. The number of guanidine groups is 1. The molecule has 3 aromatic rings. The van der Waals surface area contributed by atoms with Gasteiger partial charge in [-0.25, -0.2) is 9.97 Å². The van der Waals surface area contributed by atoms with Gasteiger partial charge in [-0.05, 0) is 25.8 Å². The van der Waals surface area contributed by atoms with E-state index in [0.29, 0.717) is 36.4 Å². The lowest BCUT2D eigenvalue weighted by Gasteiger charge is -2.33. The summed E-state index contributed by atoms with van der Waals surface area (Å²) < 4.78 is 1.91. The predicted octanol–water partition coefficient (Wildman–Crippen LogP) is 1.43. The number of fused-ring (bicyclic) bond motifs is 4. The molecule has 170 valence electrons. The van der Waals surface area contributed by atoms with Crippen LogP contribution >= 0.6 is 0 Å². The summed E-state index contributed by atoms with van der Waals surface area (Å²) in [6.07, 6.45) is 2.04. The van der Waals surface area contributed by atoms with Crippen LogP contribution in [0.2, 0.25) is 0 Å². The Hall–Kier alpha value is -3.53. The second-order valence-corrected chi connectivity index (χ2v) is 8.96. The van der Waals surface area contributed by atoms with E-state index in [9.17, 15) is 4.79 Å². The van der Waals surface area contributed by atoms with Crippen molar-refractivity contribution in [3.8, 4) is 0 Å². The second kappa shape index (κ2) is 7.51. The molecule has 2 N–H and O–H groups in total. The van der Waals surface area contributed by atoms with E-state index in [1.165, 1.54) is 0 Å². The van der Waals surface area contributed by atoms with Gasteiger partial charge < -0.3 is 15.2 Å². The van der Waals surface area contributed by atoms with Gasteiger partial charge in [0, 0.05) is 43.8 Å². The zero-order chi connectivity index (χ0) is 22.7. The molecular weight excluding hydrogens is 418 g/mol. The van der Waals surface area contributed by atoms with Crippen LogP contribution in [0.5, 0.6) is 0 Å². The summed E-state index contributed by atoms with van der Waals surface area (Å²) in [7, 11) is 1.91. The Bertz CT molecular complexity index is 1300. The van der Waals surface area contributed by atoms with Crippen LogP contribution in [-0.4, -0.2) is 68.5 Å². The van der Waals surface area contributed by atoms with Gasteiger partial charge in [-0.1, -0.05) is 18.2 Å². The number of para-hydroxylation sites is 1. The van der Waals surface area contributed by atoms with Gasteiger partial charge in [0.2, 0.25) is 11.9 Å². The molecule has 1 aromatic carbocycles. The van der Waals surface area contributed by atoms with Crippen molar-refractivity contribution in [2.45, 2.75) is 32.4 Å². The van der Waals surface area contributed by atoms with Crippen molar-refractivity contribution in [3.05, 3.63) is 41.5 Å². The Morgan fingerprint density at radius 3 is 2.85 bits per heavy atom. The molecule has 1 saturated heterocycles. The van der Waals surface area contributed by atoms with Gasteiger partial charge in [0.05, 0.1) is 18.6 Å². The van der Waals surface area contributed by atoms with Crippen molar-refractivity contribution >= 4 is 34.5 Å². The van der Waals surface area contributed by atoms with Crippen LogP contribution in [0.3, 0.4) is 0 Å². The Labute approximate surface area is 191 Å². The number of aliphatic imine (C=N–C) groups is 1. The van der Waals surface area contributed by atoms with Crippen LogP contribution in [-0.2, 0) is 13.6 Å². The highest BCUT2D eigenvalue weighted by molar-refractivity contribution is 6.18. The van der Waals surface area contributed by atoms with Gasteiger partial charge in [-0.3, -0.25) is 19.6 Å². The molecule has 3 aliphatic rings. The number of nitrogens with two attached hydrogens (primary N) is 1. The van der Waals surface area contributed by atoms with Gasteiger partial charge in [0.15, 0.2) is 11.5 Å². The first-order valence-corrected chi connectivity index (χ1v) is 11.4. The SMILES string of the molecule is Cc1nc(CN2C(=O)c3c(nc(N4CCCC(N)C4)n3C)N3CCN=C23)nc2ccccc12. The molecule has 1 atom stereocenters. The van der Waals surface area contributed by atoms with Crippen LogP contribution in [0.4, 0.5) is 11.8 Å². The maximum atomic E-state index is 13.8. The molecule has 2 aromatic heterocycles. The molecule has 0 bridgehead atoms. The summed E-state index contributed by atoms with van der Waals surface area (Å²) >= 11 is 0. The number of carbonyl (C=O) groups is 1. The van der Waals surface area contributed by atoms with Gasteiger partial charge in [-0.15, -0.1) is 0 Å². The van der Waals surface area contributed by atoms with E-state index in [1.807, 2.05) is 47.7 Å². The summed E-state index contributed by atoms with van der Waals surface area (Å²) in [6, 6.07) is 8.05. The highest BCUT2D eigenvalue weighted by Crippen LogP contribution is 2.34. The van der Waals surface area contributed by atoms with Gasteiger partial charge in [0.1, 0.15) is 5.82 Å². The minimum atomic E-state index is -0.126. The fourth-order valence-corrected chi connectivity index (χ4v) is 5.11. The largest absolute Gasteiger partial charge is 0.341 e. The van der Waals surface area contributed by atoms with E-state index < -0.39 is 0 Å². The Morgan fingerprint density at radius 1 is 1.15 bits per heavy atom. The Balaban J connectivity index is 1.39. The van der Waals surface area contributed by atoms with Gasteiger partial charge in [-0.2, -0.15) is 4.98 Å². The number of rotatable bonds is 3. The van der Waals surface area contributed by atoms with E-state index in [-0.39, 0.29) is 18.5 Å². The first-order chi connectivity index (χ1) is 16.0. The quantitative estimate of drug-likeness (QED) is 0.650. The van der Waals surface area contributed by atoms with E-state index >= 15 is 0 Å².